The van der Waals surface area contributed by atoms with Crippen molar-refractivity contribution in [3.8, 4) is 0 Å². The minimum absolute atomic E-state index is 0.559. The Morgan fingerprint density at radius 3 is 2.94 bits per heavy atom. The molecule has 0 spiro atoms. The fourth-order valence-electron chi connectivity index (χ4n) is 2.88. The van der Waals surface area contributed by atoms with Crippen LogP contribution in [0.3, 0.4) is 0 Å². The van der Waals surface area contributed by atoms with Crippen LogP contribution in [0, 0.1) is 5.41 Å². The fourth-order valence-corrected chi connectivity index (χ4v) is 2.88. The molecule has 3 heteroatoms. The summed E-state index contributed by atoms with van der Waals surface area (Å²) in [6.45, 7) is 8.66. The highest BCUT2D eigenvalue weighted by Crippen LogP contribution is 2.36. The smallest absolute Gasteiger partial charge is 0.0620 e. The van der Waals surface area contributed by atoms with E-state index in [9.17, 15) is 0 Å². The fraction of sp³-hybridized carbons (Fsp3) is 1.00. The monoisotopic (exact) mass is 226 g/mol. The van der Waals surface area contributed by atoms with Gasteiger partial charge >= 0.3 is 0 Å². The largest absolute Gasteiger partial charge is 0.379 e. The second kappa shape index (κ2) is 5.48. The SMILES string of the molecule is CC1(C)CCC(NCCC2COCCN2)C1. The Balaban J connectivity index is 1.58. The van der Waals surface area contributed by atoms with Gasteiger partial charge in [0, 0.05) is 18.6 Å². The average molecular weight is 226 g/mol. The molecular formula is C13H26N2O. The molecule has 2 atom stereocenters. The van der Waals surface area contributed by atoms with E-state index in [1.165, 1.54) is 25.7 Å². The van der Waals surface area contributed by atoms with Gasteiger partial charge in [0.25, 0.3) is 0 Å². The standard InChI is InChI=1S/C13H26N2O/c1-13(2)5-3-11(9-13)14-6-4-12-10-16-8-7-15-12/h11-12,14-15H,3-10H2,1-2H3. The summed E-state index contributed by atoms with van der Waals surface area (Å²) in [4.78, 5) is 0. The van der Waals surface area contributed by atoms with Gasteiger partial charge in [-0.2, -0.15) is 0 Å². The molecule has 0 radical (unpaired) electrons. The molecule has 0 bridgehead atoms. The molecule has 2 unspecified atom stereocenters. The van der Waals surface area contributed by atoms with Gasteiger partial charge in [-0.3, -0.25) is 0 Å². The van der Waals surface area contributed by atoms with E-state index in [0.29, 0.717) is 11.5 Å². The van der Waals surface area contributed by atoms with Crippen molar-refractivity contribution in [1.82, 2.24) is 10.6 Å². The van der Waals surface area contributed by atoms with E-state index < -0.39 is 0 Å². The summed E-state index contributed by atoms with van der Waals surface area (Å²) in [5.74, 6) is 0. The first-order chi connectivity index (χ1) is 7.66. The molecule has 2 N–H and O–H groups in total. The second-order valence-electron chi connectivity index (χ2n) is 6.07. The maximum atomic E-state index is 5.45. The van der Waals surface area contributed by atoms with Crippen molar-refractivity contribution < 1.29 is 4.74 Å². The molecule has 2 aliphatic rings. The van der Waals surface area contributed by atoms with E-state index in [0.717, 1.165) is 32.3 Å². The van der Waals surface area contributed by atoms with Crippen LogP contribution in [0.1, 0.15) is 39.5 Å². The normalized spacial score (nSPS) is 34.1. The van der Waals surface area contributed by atoms with Crippen LogP contribution in [0.4, 0.5) is 0 Å². The zero-order chi connectivity index (χ0) is 11.4. The quantitative estimate of drug-likeness (QED) is 0.763. The average Bonchev–Trinajstić information content (AvgIpc) is 2.60. The molecule has 1 aliphatic heterocycles. The maximum Gasteiger partial charge on any atom is 0.0620 e. The summed E-state index contributed by atoms with van der Waals surface area (Å²) in [6.07, 6.45) is 5.25. The molecule has 94 valence electrons. The molecule has 16 heavy (non-hydrogen) atoms. The lowest BCUT2D eigenvalue weighted by molar-refractivity contribution is 0.0740. The van der Waals surface area contributed by atoms with Crippen LogP contribution in [0.15, 0.2) is 0 Å². The van der Waals surface area contributed by atoms with Crippen molar-refractivity contribution in [1.29, 1.82) is 0 Å². The number of nitrogens with one attached hydrogen (secondary N) is 2. The first-order valence-electron chi connectivity index (χ1n) is 6.70. The third kappa shape index (κ3) is 3.72. The molecule has 0 aromatic rings. The highest BCUT2D eigenvalue weighted by atomic mass is 16.5. The zero-order valence-electron chi connectivity index (χ0n) is 10.7. The van der Waals surface area contributed by atoms with Crippen LogP contribution >= 0.6 is 0 Å². The molecule has 3 nitrogen and oxygen atoms in total. The lowest BCUT2D eigenvalue weighted by Crippen LogP contribution is -2.43. The first-order valence-corrected chi connectivity index (χ1v) is 6.70. The number of morpholine rings is 1. The predicted molar refractivity (Wildman–Crippen MR) is 66.6 cm³/mol. The number of hydrogen-bond acceptors (Lipinski definition) is 3. The summed E-state index contributed by atoms with van der Waals surface area (Å²) in [5.41, 5.74) is 0.559. The van der Waals surface area contributed by atoms with Crippen molar-refractivity contribution in [2.75, 3.05) is 26.3 Å². The van der Waals surface area contributed by atoms with Crippen LogP contribution in [-0.2, 0) is 4.74 Å². The molecule has 2 rings (SSSR count). The summed E-state index contributed by atoms with van der Waals surface area (Å²) >= 11 is 0. The Bertz CT molecular complexity index is 212. The van der Waals surface area contributed by atoms with E-state index in [-0.39, 0.29) is 0 Å². The van der Waals surface area contributed by atoms with Gasteiger partial charge in [-0.25, -0.2) is 0 Å². The highest BCUT2D eigenvalue weighted by Gasteiger charge is 2.30. The summed E-state index contributed by atoms with van der Waals surface area (Å²) in [5, 5.41) is 7.18. The van der Waals surface area contributed by atoms with E-state index in [1.807, 2.05) is 0 Å². The lowest BCUT2D eigenvalue weighted by atomic mass is 9.92. The van der Waals surface area contributed by atoms with E-state index in [1.54, 1.807) is 0 Å². The van der Waals surface area contributed by atoms with Crippen molar-refractivity contribution in [3.05, 3.63) is 0 Å². The summed E-state index contributed by atoms with van der Waals surface area (Å²) in [6, 6.07) is 1.31. The predicted octanol–water partition coefficient (Wildman–Crippen LogP) is 1.53. The van der Waals surface area contributed by atoms with Crippen LogP contribution in [-0.4, -0.2) is 38.4 Å². The van der Waals surface area contributed by atoms with Crippen molar-refractivity contribution in [3.63, 3.8) is 0 Å². The molecule has 2 fully saturated rings. The Hall–Kier alpha value is -0.120. The van der Waals surface area contributed by atoms with Gasteiger partial charge in [-0.1, -0.05) is 13.8 Å². The number of rotatable bonds is 4. The Labute approximate surface area is 99.3 Å². The molecule has 1 aliphatic carbocycles. The minimum atomic E-state index is 0.559. The Morgan fingerprint density at radius 2 is 2.31 bits per heavy atom. The van der Waals surface area contributed by atoms with Crippen LogP contribution < -0.4 is 10.6 Å². The van der Waals surface area contributed by atoms with Gasteiger partial charge in [0.2, 0.25) is 0 Å². The summed E-state index contributed by atoms with van der Waals surface area (Å²) < 4.78 is 5.45. The van der Waals surface area contributed by atoms with Crippen molar-refractivity contribution >= 4 is 0 Å². The topological polar surface area (TPSA) is 33.3 Å². The van der Waals surface area contributed by atoms with E-state index in [2.05, 4.69) is 24.5 Å². The highest BCUT2D eigenvalue weighted by molar-refractivity contribution is 4.86. The minimum Gasteiger partial charge on any atom is -0.379 e. The van der Waals surface area contributed by atoms with Gasteiger partial charge < -0.3 is 15.4 Å². The van der Waals surface area contributed by atoms with Crippen LogP contribution in [0.25, 0.3) is 0 Å². The molecule has 1 saturated heterocycles. The summed E-state index contributed by atoms with van der Waals surface area (Å²) in [7, 11) is 0. The number of ether oxygens (including phenoxy) is 1. The van der Waals surface area contributed by atoms with Gasteiger partial charge in [0.05, 0.1) is 13.2 Å². The molecule has 0 aromatic heterocycles. The second-order valence-corrected chi connectivity index (χ2v) is 6.07. The molecule has 1 heterocycles. The van der Waals surface area contributed by atoms with Crippen LogP contribution in [0.5, 0.6) is 0 Å². The van der Waals surface area contributed by atoms with Crippen LogP contribution in [0.2, 0.25) is 0 Å². The molecule has 1 saturated carbocycles. The zero-order valence-corrected chi connectivity index (χ0v) is 10.7. The third-order valence-corrected chi connectivity index (χ3v) is 3.89. The lowest BCUT2D eigenvalue weighted by Gasteiger charge is -2.24. The van der Waals surface area contributed by atoms with Gasteiger partial charge in [-0.05, 0) is 37.6 Å². The molecule has 0 amide bonds. The van der Waals surface area contributed by atoms with Gasteiger partial charge in [0.1, 0.15) is 0 Å². The Kier molecular flexibility index (Phi) is 4.22. The molecule has 0 aromatic carbocycles. The first kappa shape index (κ1) is 12.3. The van der Waals surface area contributed by atoms with E-state index in [4.69, 9.17) is 4.74 Å². The third-order valence-electron chi connectivity index (χ3n) is 3.89. The van der Waals surface area contributed by atoms with Crippen molar-refractivity contribution in [2.45, 2.75) is 51.6 Å². The Morgan fingerprint density at radius 1 is 1.44 bits per heavy atom. The number of hydrogen-bond donors (Lipinski definition) is 2. The van der Waals surface area contributed by atoms with Crippen molar-refractivity contribution in [2.24, 2.45) is 5.41 Å². The van der Waals surface area contributed by atoms with Gasteiger partial charge in [0.15, 0.2) is 0 Å². The molecular weight excluding hydrogens is 200 g/mol. The van der Waals surface area contributed by atoms with Gasteiger partial charge in [-0.15, -0.1) is 0 Å². The van der Waals surface area contributed by atoms with E-state index >= 15 is 0 Å². The maximum absolute atomic E-state index is 5.45.